The molecule has 18 heavy (non-hydrogen) atoms. The van der Waals surface area contributed by atoms with E-state index in [4.69, 9.17) is 0 Å². The zero-order valence-corrected chi connectivity index (χ0v) is 11.6. The van der Waals surface area contributed by atoms with Crippen LogP contribution in [-0.4, -0.2) is 28.7 Å². The summed E-state index contributed by atoms with van der Waals surface area (Å²) < 4.78 is 0. The van der Waals surface area contributed by atoms with Crippen molar-refractivity contribution >= 4 is 12.0 Å². The number of carbonyl (C=O) groups excluding carboxylic acids is 1. The summed E-state index contributed by atoms with van der Waals surface area (Å²) in [5.41, 5.74) is -1.14. The lowest BCUT2D eigenvalue weighted by Crippen LogP contribution is -2.58. The Morgan fingerprint density at radius 3 is 2.28 bits per heavy atom. The van der Waals surface area contributed by atoms with E-state index in [-0.39, 0.29) is 18.0 Å². The van der Waals surface area contributed by atoms with Crippen molar-refractivity contribution in [3.8, 4) is 0 Å². The van der Waals surface area contributed by atoms with Gasteiger partial charge in [-0.1, -0.05) is 20.8 Å². The molecule has 1 fully saturated rings. The Balaban J connectivity index is 2.59. The van der Waals surface area contributed by atoms with Gasteiger partial charge < -0.3 is 15.7 Å². The van der Waals surface area contributed by atoms with Gasteiger partial charge in [0.2, 0.25) is 0 Å². The molecule has 0 saturated heterocycles. The summed E-state index contributed by atoms with van der Waals surface area (Å²) in [6, 6.07) is -0.311. The molecule has 0 bridgehead atoms. The summed E-state index contributed by atoms with van der Waals surface area (Å²) in [6.07, 6.45) is 2.56. The van der Waals surface area contributed by atoms with Gasteiger partial charge in [0.25, 0.3) is 0 Å². The van der Waals surface area contributed by atoms with E-state index >= 15 is 0 Å². The molecule has 0 aromatic carbocycles. The fourth-order valence-corrected chi connectivity index (χ4v) is 2.17. The number of urea groups is 1. The summed E-state index contributed by atoms with van der Waals surface area (Å²) >= 11 is 0. The predicted molar refractivity (Wildman–Crippen MR) is 69.3 cm³/mol. The van der Waals surface area contributed by atoms with Gasteiger partial charge >= 0.3 is 12.0 Å². The highest BCUT2D eigenvalue weighted by Gasteiger charge is 2.48. The van der Waals surface area contributed by atoms with E-state index in [1.54, 1.807) is 6.92 Å². The maximum absolute atomic E-state index is 11.9. The first-order chi connectivity index (χ1) is 8.31. The van der Waals surface area contributed by atoms with Crippen molar-refractivity contribution in [3.63, 3.8) is 0 Å². The van der Waals surface area contributed by atoms with E-state index in [0.717, 1.165) is 19.3 Å². The second-order valence-corrected chi connectivity index (χ2v) is 5.64. The third kappa shape index (κ3) is 3.37. The number of carbonyl (C=O) groups is 2. The minimum Gasteiger partial charge on any atom is -0.480 e. The van der Waals surface area contributed by atoms with Crippen LogP contribution in [0, 0.1) is 11.8 Å². The van der Waals surface area contributed by atoms with Gasteiger partial charge in [-0.05, 0) is 38.0 Å². The third-order valence-corrected chi connectivity index (χ3v) is 3.77. The maximum Gasteiger partial charge on any atom is 0.329 e. The van der Waals surface area contributed by atoms with Crippen LogP contribution >= 0.6 is 0 Å². The summed E-state index contributed by atoms with van der Waals surface area (Å²) in [4.78, 5) is 23.2. The van der Waals surface area contributed by atoms with Gasteiger partial charge in [0.05, 0.1) is 0 Å². The normalized spacial score (nSPS) is 20.1. The molecule has 0 aromatic rings. The van der Waals surface area contributed by atoms with E-state index in [1.807, 2.05) is 20.8 Å². The highest BCUT2D eigenvalue weighted by atomic mass is 16.4. The molecule has 104 valence electrons. The average molecular weight is 256 g/mol. The lowest BCUT2D eigenvalue weighted by molar-refractivity contribution is -0.144. The van der Waals surface area contributed by atoms with Gasteiger partial charge in [0.15, 0.2) is 0 Å². The largest absolute Gasteiger partial charge is 0.480 e. The van der Waals surface area contributed by atoms with Gasteiger partial charge in [0.1, 0.15) is 5.54 Å². The van der Waals surface area contributed by atoms with Gasteiger partial charge in [-0.3, -0.25) is 0 Å². The molecular weight excluding hydrogens is 232 g/mol. The monoisotopic (exact) mass is 256 g/mol. The van der Waals surface area contributed by atoms with Gasteiger partial charge in [-0.2, -0.15) is 0 Å². The number of rotatable bonds is 6. The van der Waals surface area contributed by atoms with E-state index in [1.165, 1.54) is 0 Å². The average Bonchev–Trinajstić information content (AvgIpc) is 3.08. The lowest BCUT2D eigenvalue weighted by Gasteiger charge is -2.28. The Labute approximate surface area is 108 Å². The molecule has 1 aliphatic rings. The molecule has 3 N–H and O–H groups in total. The fourth-order valence-electron chi connectivity index (χ4n) is 2.17. The van der Waals surface area contributed by atoms with E-state index in [9.17, 15) is 14.7 Å². The van der Waals surface area contributed by atoms with Crippen LogP contribution in [0.3, 0.4) is 0 Å². The standard InChI is InChI=1S/C13H24N2O3/c1-5-10(8(2)3)14-12(18)15-13(4,11(16)17)9-6-7-9/h8-10H,5-7H2,1-4H3,(H,16,17)(H2,14,15,18). The molecule has 1 saturated carbocycles. The second kappa shape index (κ2) is 5.59. The SMILES string of the molecule is CCC(NC(=O)NC(C)(C(=O)O)C1CC1)C(C)C. The number of aliphatic carboxylic acids is 1. The predicted octanol–water partition coefficient (Wildman–Crippen LogP) is 1.97. The molecule has 5 heteroatoms. The molecule has 0 spiro atoms. The topological polar surface area (TPSA) is 78.4 Å². The number of carboxylic acid groups (broad SMARTS) is 1. The number of hydrogen-bond acceptors (Lipinski definition) is 2. The Hall–Kier alpha value is -1.26. The van der Waals surface area contributed by atoms with Crippen molar-refractivity contribution in [1.29, 1.82) is 0 Å². The van der Waals surface area contributed by atoms with Crippen LogP contribution in [0.25, 0.3) is 0 Å². The highest BCUT2D eigenvalue weighted by molar-refractivity contribution is 5.86. The number of carboxylic acids is 1. The Morgan fingerprint density at radius 1 is 1.39 bits per heavy atom. The van der Waals surface area contributed by atoms with Crippen LogP contribution in [-0.2, 0) is 4.79 Å². The molecular formula is C13H24N2O3. The molecule has 0 aromatic heterocycles. The first-order valence-electron chi connectivity index (χ1n) is 6.63. The smallest absolute Gasteiger partial charge is 0.329 e. The van der Waals surface area contributed by atoms with Crippen LogP contribution in [0.1, 0.15) is 47.0 Å². The Morgan fingerprint density at radius 2 is 1.94 bits per heavy atom. The molecule has 1 aliphatic carbocycles. The quantitative estimate of drug-likeness (QED) is 0.680. The first-order valence-corrected chi connectivity index (χ1v) is 6.63. The fraction of sp³-hybridized carbons (Fsp3) is 0.846. The maximum atomic E-state index is 11.9. The van der Waals surface area contributed by atoms with Crippen molar-refractivity contribution < 1.29 is 14.7 Å². The molecule has 0 radical (unpaired) electrons. The molecule has 1 rings (SSSR count). The number of hydrogen-bond donors (Lipinski definition) is 3. The molecule has 0 aliphatic heterocycles. The van der Waals surface area contributed by atoms with Crippen molar-refractivity contribution in [3.05, 3.63) is 0 Å². The van der Waals surface area contributed by atoms with Crippen LogP contribution in [0.15, 0.2) is 0 Å². The van der Waals surface area contributed by atoms with Crippen molar-refractivity contribution in [2.24, 2.45) is 11.8 Å². The Kier molecular flexibility index (Phi) is 4.59. The van der Waals surface area contributed by atoms with E-state index in [0.29, 0.717) is 5.92 Å². The second-order valence-electron chi connectivity index (χ2n) is 5.64. The van der Waals surface area contributed by atoms with Crippen molar-refractivity contribution in [1.82, 2.24) is 10.6 Å². The summed E-state index contributed by atoms with van der Waals surface area (Å²) in [5, 5.41) is 14.7. The van der Waals surface area contributed by atoms with Crippen molar-refractivity contribution in [2.75, 3.05) is 0 Å². The minimum absolute atomic E-state index is 0.0554. The van der Waals surface area contributed by atoms with Crippen LogP contribution in [0.5, 0.6) is 0 Å². The molecule has 2 atom stereocenters. The minimum atomic E-state index is -1.14. The number of nitrogens with one attached hydrogen (secondary N) is 2. The van der Waals surface area contributed by atoms with Crippen LogP contribution in [0.4, 0.5) is 4.79 Å². The van der Waals surface area contributed by atoms with Crippen LogP contribution in [0.2, 0.25) is 0 Å². The highest BCUT2D eigenvalue weighted by Crippen LogP contribution is 2.39. The van der Waals surface area contributed by atoms with Crippen LogP contribution < -0.4 is 10.6 Å². The third-order valence-electron chi connectivity index (χ3n) is 3.77. The zero-order valence-electron chi connectivity index (χ0n) is 11.6. The zero-order chi connectivity index (χ0) is 13.9. The van der Waals surface area contributed by atoms with E-state index in [2.05, 4.69) is 10.6 Å². The lowest BCUT2D eigenvalue weighted by atomic mass is 9.96. The first kappa shape index (κ1) is 14.8. The van der Waals surface area contributed by atoms with Gasteiger partial charge in [-0.15, -0.1) is 0 Å². The van der Waals surface area contributed by atoms with Crippen molar-refractivity contribution in [2.45, 2.75) is 58.5 Å². The van der Waals surface area contributed by atoms with Gasteiger partial charge in [-0.25, -0.2) is 9.59 Å². The molecule has 0 heterocycles. The van der Waals surface area contributed by atoms with Gasteiger partial charge in [0, 0.05) is 6.04 Å². The molecule has 2 amide bonds. The summed E-state index contributed by atoms with van der Waals surface area (Å²) in [6.45, 7) is 7.66. The van der Waals surface area contributed by atoms with E-state index < -0.39 is 11.5 Å². The molecule has 2 unspecified atom stereocenters. The Bertz CT molecular complexity index is 326. The summed E-state index contributed by atoms with van der Waals surface area (Å²) in [5.74, 6) is -0.574. The summed E-state index contributed by atoms with van der Waals surface area (Å²) in [7, 11) is 0. The number of amides is 2. The molecule has 5 nitrogen and oxygen atoms in total.